The maximum absolute atomic E-state index is 10.7. The van der Waals surface area contributed by atoms with Gasteiger partial charge in [-0.2, -0.15) is 0 Å². The molecule has 15 heavy (non-hydrogen) atoms. The number of rotatable bonds is 4. The van der Waals surface area contributed by atoms with Gasteiger partial charge in [0.2, 0.25) is 0 Å². The smallest absolute Gasteiger partial charge is 0.305 e. The van der Waals surface area contributed by atoms with E-state index in [1.807, 2.05) is 13.8 Å². The minimum absolute atomic E-state index is 0.185. The summed E-state index contributed by atoms with van der Waals surface area (Å²) in [7, 11) is 0. The molecule has 0 radical (unpaired) electrons. The summed E-state index contributed by atoms with van der Waals surface area (Å²) in [6.45, 7) is 3.99. The zero-order chi connectivity index (χ0) is 11.1. The highest BCUT2D eigenvalue weighted by atomic mass is 32.1. The lowest BCUT2D eigenvalue weighted by atomic mass is 10.2. The summed E-state index contributed by atoms with van der Waals surface area (Å²) in [5, 5.41) is 12.9. The van der Waals surface area contributed by atoms with Crippen LogP contribution in [0.5, 0.6) is 0 Å². The number of hydrogen-bond acceptors (Lipinski definition) is 4. The number of aryl methyl sites for hydroxylation is 2. The molecule has 5 heteroatoms. The van der Waals surface area contributed by atoms with Gasteiger partial charge in [-0.05, 0) is 26.7 Å². The maximum Gasteiger partial charge on any atom is 0.305 e. The van der Waals surface area contributed by atoms with E-state index in [0.29, 0.717) is 0 Å². The molecule has 0 aromatic carbocycles. The van der Waals surface area contributed by atoms with E-state index in [9.17, 15) is 4.79 Å². The lowest BCUT2D eigenvalue weighted by Crippen LogP contribution is -2.24. The van der Waals surface area contributed by atoms with Gasteiger partial charge in [-0.15, -0.1) is 11.3 Å². The first-order valence-corrected chi connectivity index (χ1v) is 5.76. The molecule has 0 unspecified atom stereocenters. The Kier molecular flexibility index (Phi) is 2.42. The number of thiazole rings is 1. The van der Waals surface area contributed by atoms with Gasteiger partial charge in [0, 0.05) is 4.88 Å². The number of hydrogen-bond donors (Lipinski definition) is 2. The van der Waals surface area contributed by atoms with Gasteiger partial charge in [-0.25, -0.2) is 4.98 Å². The zero-order valence-corrected chi connectivity index (χ0v) is 9.65. The number of aliphatic carboxylic acids is 1. The first-order chi connectivity index (χ1) is 7.01. The molecule has 1 aromatic heterocycles. The molecule has 0 saturated heterocycles. The predicted molar refractivity (Wildman–Crippen MR) is 59.4 cm³/mol. The van der Waals surface area contributed by atoms with E-state index in [-0.39, 0.29) is 12.0 Å². The molecule has 2 rings (SSSR count). The van der Waals surface area contributed by atoms with Crippen LogP contribution < -0.4 is 5.32 Å². The van der Waals surface area contributed by atoms with E-state index in [0.717, 1.165) is 23.7 Å². The fourth-order valence-corrected chi connectivity index (χ4v) is 2.47. The zero-order valence-electron chi connectivity index (χ0n) is 8.83. The van der Waals surface area contributed by atoms with Gasteiger partial charge >= 0.3 is 5.97 Å². The molecule has 1 saturated carbocycles. The first kappa shape index (κ1) is 10.4. The van der Waals surface area contributed by atoms with Crippen molar-refractivity contribution in [1.29, 1.82) is 0 Å². The highest BCUT2D eigenvalue weighted by Gasteiger charge is 2.45. The first-order valence-electron chi connectivity index (χ1n) is 4.95. The Balaban J connectivity index is 2.05. The molecule has 1 fully saturated rings. The minimum atomic E-state index is -0.745. The van der Waals surface area contributed by atoms with Crippen LogP contribution in [0.3, 0.4) is 0 Å². The van der Waals surface area contributed by atoms with Crippen LogP contribution in [0.25, 0.3) is 0 Å². The van der Waals surface area contributed by atoms with E-state index < -0.39 is 5.97 Å². The van der Waals surface area contributed by atoms with Crippen LogP contribution in [-0.2, 0) is 4.79 Å². The molecule has 0 atom stereocenters. The van der Waals surface area contributed by atoms with Crippen LogP contribution in [0.4, 0.5) is 5.13 Å². The van der Waals surface area contributed by atoms with Crippen LogP contribution in [-0.4, -0.2) is 21.6 Å². The molecule has 2 N–H and O–H groups in total. The molecule has 1 aromatic rings. The number of anilines is 1. The van der Waals surface area contributed by atoms with Gasteiger partial charge in [0.15, 0.2) is 5.13 Å². The second-order valence-electron chi connectivity index (χ2n) is 4.14. The number of aromatic nitrogens is 1. The largest absolute Gasteiger partial charge is 0.481 e. The highest BCUT2D eigenvalue weighted by molar-refractivity contribution is 7.15. The third-order valence-corrected chi connectivity index (χ3v) is 3.73. The molecule has 0 bridgehead atoms. The van der Waals surface area contributed by atoms with Crippen molar-refractivity contribution in [3.05, 3.63) is 10.6 Å². The number of carbonyl (C=O) groups is 1. The van der Waals surface area contributed by atoms with Crippen LogP contribution in [0.2, 0.25) is 0 Å². The summed E-state index contributed by atoms with van der Waals surface area (Å²) < 4.78 is 0. The number of nitrogens with one attached hydrogen (secondary N) is 1. The quantitative estimate of drug-likeness (QED) is 0.826. The SMILES string of the molecule is Cc1nc(NC2(CC(=O)O)CC2)sc1C. The summed E-state index contributed by atoms with van der Waals surface area (Å²) in [4.78, 5) is 16.2. The van der Waals surface area contributed by atoms with Gasteiger partial charge < -0.3 is 10.4 Å². The lowest BCUT2D eigenvalue weighted by molar-refractivity contribution is -0.137. The Bertz CT molecular complexity index is 377. The molecule has 82 valence electrons. The maximum atomic E-state index is 10.7. The molecule has 1 heterocycles. The van der Waals surface area contributed by atoms with Crippen LogP contribution in [0.15, 0.2) is 0 Å². The Morgan fingerprint density at radius 2 is 2.27 bits per heavy atom. The monoisotopic (exact) mass is 226 g/mol. The summed E-state index contributed by atoms with van der Waals surface area (Å²) >= 11 is 1.59. The second kappa shape index (κ2) is 3.48. The molecule has 0 spiro atoms. The van der Waals surface area contributed by atoms with Gasteiger partial charge in [-0.1, -0.05) is 0 Å². The molecule has 0 amide bonds. The molecule has 1 aliphatic carbocycles. The Labute approximate surface area is 92.3 Å². The Morgan fingerprint density at radius 1 is 1.60 bits per heavy atom. The predicted octanol–water partition coefficient (Wildman–Crippen LogP) is 2.18. The molecular weight excluding hydrogens is 212 g/mol. The topological polar surface area (TPSA) is 62.2 Å². The van der Waals surface area contributed by atoms with Crippen molar-refractivity contribution in [3.8, 4) is 0 Å². The third kappa shape index (κ3) is 2.28. The molecule has 0 aliphatic heterocycles. The normalized spacial score (nSPS) is 17.5. The summed E-state index contributed by atoms with van der Waals surface area (Å²) in [6.07, 6.45) is 2.04. The third-order valence-electron chi connectivity index (χ3n) is 2.74. The lowest BCUT2D eigenvalue weighted by Gasteiger charge is -2.13. The van der Waals surface area contributed by atoms with Crippen LogP contribution >= 0.6 is 11.3 Å². The van der Waals surface area contributed by atoms with Gasteiger partial charge in [0.25, 0.3) is 0 Å². The van der Waals surface area contributed by atoms with Crippen molar-refractivity contribution in [2.45, 2.75) is 38.6 Å². The van der Waals surface area contributed by atoms with Gasteiger partial charge in [-0.3, -0.25) is 4.79 Å². The highest BCUT2D eigenvalue weighted by Crippen LogP contribution is 2.42. The average molecular weight is 226 g/mol. The summed E-state index contributed by atoms with van der Waals surface area (Å²) in [5.41, 5.74) is 0.802. The molecule has 4 nitrogen and oxygen atoms in total. The summed E-state index contributed by atoms with van der Waals surface area (Å²) in [6, 6.07) is 0. The fraction of sp³-hybridized carbons (Fsp3) is 0.600. The summed E-state index contributed by atoms with van der Waals surface area (Å²) in [5.74, 6) is -0.745. The molecule has 1 aliphatic rings. The van der Waals surface area contributed by atoms with E-state index in [4.69, 9.17) is 5.11 Å². The van der Waals surface area contributed by atoms with Gasteiger partial charge in [0.1, 0.15) is 0 Å². The van der Waals surface area contributed by atoms with Crippen LogP contribution in [0, 0.1) is 13.8 Å². The van der Waals surface area contributed by atoms with Crippen molar-refractivity contribution in [1.82, 2.24) is 4.98 Å². The van der Waals surface area contributed by atoms with Crippen molar-refractivity contribution in [3.63, 3.8) is 0 Å². The number of nitrogens with zero attached hydrogens (tertiary/aromatic N) is 1. The van der Waals surface area contributed by atoms with Crippen molar-refractivity contribution < 1.29 is 9.90 Å². The fourth-order valence-electron chi connectivity index (χ4n) is 1.54. The van der Waals surface area contributed by atoms with Crippen LogP contribution in [0.1, 0.15) is 29.8 Å². The second-order valence-corrected chi connectivity index (χ2v) is 5.34. The van der Waals surface area contributed by atoms with Crippen molar-refractivity contribution in [2.75, 3.05) is 5.32 Å². The Hall–Kier alpha value is -1.10. The van der Waals surface area contributed by atoms with E-state index in [1.54, 1.807) is 11.3 Å². The standard InChI is InChI=1S/C10H14N2O2S/c1-6-7(2)15-9(11-6)12-10(3-4-10)5-8(13)14/h3-5H2,1-2H3,(H,11,12)(H,13,14). The molecular formula is C10H14N2O2S. The number of carboxylic acids is 1. The van der Waals surface area contributed by atoms with E-state index >= 15 is 0 Å². The average Bonchev–Trinajstić information content (AvgIpc) is 2.75. The van der Waals surface area contributed by atoms with Gasteiger partial charge in [0.05, 0.1) is 17.7 Å². The minimum Gasteiger partial charge on any atom is -0.481 e. The van der Waals surface area contributed by atoms with Crippen molar-refractivity contribution >= 4 is 22.4 Å². The van der Waals surface area contributed by atoms with E-state index in [2.05, 4.69) is 10.3 Å². The Morgan fingerprint density at radius 3 is 2.67 bits per heavy atom. The van der Waals surface area contributed by atoms with Crippen molar-refractivity contribution in [2.24, 2.45) is 0 Å². The van der Waals surface area contributed by atoms with E-state index in [1.165, 1.54) is 4.88 Å². The number of carboxylic acid groups (broad SMARTS) is 1.